The lowest BCUT2D eigenvalue weighted by atomic mass is 10.1. The Morgan fingerprint density at radius 2 is 1.79 bits per heavy atom. The van der Waals surface area contributed by atoms with Crippen molar-refractivity contribution >= 4 is 23.3 Å². The number of benzene rings is 2. The largest absolute Gasteiger partial charge is 0.348 e. The van der Waals surface area contributed by atoms with Crippen molar-refractivity contribution in [3.05, 3.63) is 101 Å². The Kier molecular flexibility index (Phi) is 5.92. The van der Waals surface area contributed by atoms with Crippen molar-refractivity contribution in [3.63, 3.8) is 0 Å². The van der Waals surface area contributed by atoms with Crippen LogP contribution in [0.5, 0.6) is 0 Å². The minimum atomic E-state index is -0.105. The highest BCUT2D eigenvalue weighted by Gasteiger charge is 2.02. The summed E-state index contributed by atoms with van der Waals surface area (Å²) in [6.45, 7) is 1.17. The molecule has 29 heavy (non-hydrogen) atoms. The van der Waals surface area contributed by atoms with Gasteiger partial charge in [0, 0.05) is 22.4 Å². The lowest BCUT2D eigenvalue weighted by Gasteiger charge is -2.05. The Bertz CT molecular complexity index is 1080. The highest BCUT2D eigenvalue weighted by Crippen LogP contribution is 2.28. The second-order valence-corrected chi connectivity index (χ2v) is 7.64. The molecule has 0 aliphatic carbocycles. The Morgan fingerprint density at radius 3 is 2.55 bits per heavy atom. The molecule has 0 radical (unpaired) electrons. The smallest absolute Gasteiger partial charge is 0.244 e. The molecule has 4 rings (SSSR count). The van der Waals surface area contributed by atoms with Crippen molar-refractivity contribution in [1.82, 2.24) is 20.1 Å². The third kappa shape index (κ3) is 5.27. The van der Waals surface area contributed by atoms with Crippen LogP contribution >= 0.6 is 11.3 Å². The molecule has 5 nitrogen and oxygen atoms in total. The fraction of sp³-hybridized carbons (Fsp3) is 0.0870. The van der Waals surface area contributed by atoms with Crippen LogP contribution < -0.4 is 5.32 Å². The summed E-state index contributed by atoms with van der Waals surface area (Å²) in [6.07, 6.45) is 6.65. The SMILES string of the molecule is O=C(/C=C/c1ccc(-c2ccccc2)s1)NCc1ccc(Cn2cncn2)cc1. The van der Waals surface area contributed by atoms with E-state index in [1.54, 1.807) is 28.4 Å². The van der Waals surface area contributed by atoms with Crippen LogP contribution in [0.15, 0.2) is 85.5 Å². The van der Waals surface area contributed by atoms with E-state index in [0.29, 0.717) is 13.1 Å². The minimum absolute atomic E-state index is 0.105. The van der Waals surface area contributed by atoms with Gasteiger partial charge in [-0.25, -0.2) is 9.67 Å². The van der Waals surface area contributed by atoms with E-state index in [2.05, 4.69) is 33.6 Å². The van der Waals surface area contributed by atoms with E-state index in [0.717, 1.165) is 16.0 Å². The maximum absolute atomic E-state index is 12.1. The van der Waals surface area contributed by atoms with Crippen LogP contribution in [0, 0.1) is 0 Å². The van der Waals surface area contributed by atoms with Gasteiger partial charge in [0.25, 0.3) is 0 Å². The Hall–Kier alpha value is -3.51. The summed E-state index contributed by atoms with van der Waals surface area (Å²) < 4.78 is 1.77. The average Bonchev–Trinajstić information content (AvgIpc) is 3.45. The van der Waals surface area contributed by atoms with Crippen LogP contribution in [0.25, 0.3) is 16.5 Å². The Morgan fingerprint density at radius 1 is 1.00 bits per heavy atom. The standard InChI is InChI=1S/C23H20N4OS/c28-23(13-11-21-10-12-22(29-21)20-4-2-1-3-5-20)25-14-18-6-8-19(9-7-18)15-27-17-24-16-26-27/h1-13,16-17H,14-15H2,(H,25,28)/b13-11+. The van der Waals surface area contributed by atoms with Gasteiger partial charge in [0.05, 0.1) is 6.54 Å². The maximum Gasteiger partial charge on any atom is 0.244 e. The quantitative estimate of drug-likeness (QED) is 0.468. The van der Waals surface area contributed by atoms with Gasteiger partial charge in [0.1, 0.15) is 12.7 Å². The molecule has 0 atom stereocenters. The van der Waals surface area contributed by atoms with E-state index in [9.17, 15) is 4.79 Å². The van der Waals surface area contributed by atoms with E-state index in [1.165, 1.54) is 16.8 Å². The van der Waals surface area contributed by atoms with Crippen LogP contribution in [-0.4, -0.2) is 20.7 Å². The number of carbonyl (C=O) groups is 1. The topological polar surface area (TPSA) is 59.8 Å². The van der Waals surface area contributed by atoms with Crippen LogP contribution in [-0.2, 0) is 17.9 Å². The molecule has 2 heterocycles. The molecule has 0 unspecified atom stereocenters. The average molecular weight is 401 g/mol. The molecular formula is C23H20N4OS. The summed E-state index contributed by atoms with van der Waals surface area (Å²) in [6, 6.07) is 22.5. The van der Waals surface area contributed by atoms with Crippen LogP contribution in [0.1, 0.15) is 16.0 Å². The maximum atomic E-state index is 12.1. The molecule has 0 aliphatic rings. The number of hydrogen-bond acceptors (Lipinski definition) is 4. The number of rotatable bonds is 7. The molecule has 0 fully saturated rings. The van der Waals surface area contributed by atoms with E-state index < -0.39 is 0 Å². The summed E-state index contributed by atoms with van der Waals surface area (Å²) in [5, 5.41) is 7.02. The molecule has 2 aromatic heterocycles. The third-order valence-corrected chi connectivity index (χ3v) is 5.48. The first kappa shape index (κ1) is 18.8. The summed E-state index contributed by atoms with van der Waals surface area (Å²) in [4.78, 5) is 18.3. The minimum Gasteiger partial charge on any atom is -0.348 e. The summed E-state index contributed by atoms with van der Waals surface area (Å²) in [7, 11) is 0. The molecule has 1 N–H and O–H groups in total. The Labute approximate surface area is 173 Å². The number of thiophene rings is 1. The van der Waals surface area contributed by atoms with Crippen molar-refractivity contribution in [1.29, 1.82) is 0 Å². The van der Waals surface area contributed by atoms with Gasteiger partial charge in [-0.05, 0) is 34.9 Å². The van der Waals surface area contributed by atoms with Gasteiger partial charge in [-0.1, -0.05) is 54.6 Å². The molecule has 6 heteroatoms. The molecule has 144 valence electrons. The second kappa shape index (κ2) is 9.12. The number of amides is 1. The molecule has 1 amide bonds. The Balaban J connectivity index is 1.28. The fourth-order valence-electron chi connectivity index (χ4n) is 2.87. The zero-order valence-electron chi connectivity index (χ0n) is 15.7. The molecule has 0 aliphatic heterocycles. The van der Waals surface area contributed by atoms with Gasteiger partial charge < -0.3 is 5.32 Å². The van der Waals surface area contributed by atoms with Crippen molar-refractivity contribution in [2.45, 2.75) is 13.1 Å². The number of aromatic nitrogens is 3. The highest BCUT2D eigenvalue weighted by atomic mass is 32.1. The number of nitrogens with zero attached hydrogens (tertiary/aromatic N) is 3. The lowest BCUT2D eigenvalue weighted by Crippen LogP contribution is -2.20. The van der Waals surface area contributed by atoms with Crippen molar-refractivity contribution < 1.29 is 4.79 Å². The first-order valence-corrected chi connectivity index (χ1v) is 10.1. The molecule has 0 saturated heterocycles. The normalized spacial score (nSPS) is 11.0. The number of hydrogen-bond donors (Lipinski definition) is 1. The van der Waals surface area contributed by atoms with Crippen LogP contribution in [0.3, 0.4) is 0 Å². The van der Waals surface area contributed by atoms with Gasteiger partial charge in [-0.2, -0.15) is 5.10 Å². The van der Waals surface area contributed by atoms with Gasteiger partial charge in [0.2, 0.25) is 5.91 Å². The van der Waals surface area contributed by atoms with Crippen LogP contribution in [0.2, 0.25) is 0 Å². The molecule has 0 spiro atoms. The number of nitrogens with one attached hydrogen (secondary N) is 1. The molecule has 0 bridgehead atoms. The second-order valence-electron chi connectivity index (χ2n) is 6.53. The lowest BCUT2D eigenvalue weighted by molar-refractivity contribution is -0.116. The molecular weight excluding hydrogens is 380 g/mol. The predicted octanol–water partition coefficient (Wildman–Crippen LogP) is 4.38. The first-order chi connectivity index (χ1) is 14.3. The molecule has 4 aromatic rings. The van der Waals surface area contributed by atoms with Gasteiger partial charge in [-0.3, -0.25) is 4.79 Å². The van der Waals surface area contributed by atoms with E-state index in [-0.39, 0.29) is 5.91 Å². The number of carbonyl (C=O) groups excluding carboxylic acids is 1. The van der Waals surface area contributed by atoms with Crippen molar-refractivity contribution in [2.24, 2.45) is 0 Å². The van der Waals surface area contributed by atoms with E-state index in [4.69, 9.17) is 0 Å². The summed E-state index contributed by atoms with van der Waals surface area (Å²) in [5.41, 5.74) is 3.38. The zero-order chi connectivity index (χ0) is 19.9. The fourth-order valence-corrected chi connectivity index (χ4v) is 3.79. The van der Waals surface area contributed by atoms with E-state index >= 15 is 0 Å². The summed E-state index contributed by atoms with van der Waals surface area (Å²) >= 11 is 1.67. The van der Waals surface area contributed by atoms with Gasteiger partial charge in [-0.15, -0.1) is 11.3 Å². The monoisotopic (exact) mass is 400 g/mol. The van der Waals surface area contributed by atoms with E-state index in [1.807, 2.05) is 54.6 Å². The predicted molar refractivity (Wildman–Crippen MR) is 116 cm³/mol. The first-order valence-electron chi connectivity index (χ1n) is 9.28. The zero-order valence-corrected chi connectivity index (χ0v) is 16.5. The highest BCUT2D eigenvalue weighted by molar-refractivity contribution is 7.16. The van der Waals surface area contributed by atoms with Crippen molar-refractivity contribution in [2.75, 3.05) is 0 Å². The molecule has 2 aromatic carbocycles. The summed E-state index contributed by atoms with van der Waals surface area (Å²) in [5.74, 6) is -0.105. The molecule has 0 saturated carbocycles. The van der Waals surface area contributed by atoms with Gasteiger partial charge in [0.15, 0.2) is 0 Å². The van der Waals surface area contributed by atoms with Crippen molar-refractivity contribution in [3.8, 4) is 10.4 Å². The van der Waals surface area contributed by atoms with Crippen LogP contribution in [0.4, 0.5) is 0 Å². The third-order valence-electron chi connectivity index (χ3n) is 4.38. The van der Waals surface area contributed by atoms with Gasteiger partial charge >= 0.3 is 0 Å².